The summed E-state index contributed by atoms with van der Waals surface area (Å²) in [5, 5.41) is 23.1. The molecule has 28 rings (SSSR count). The van der Waals surface area contributed by atoms with Crippen molar-refractivity contribution in [1.29, 1.82) is 0 Å². The summed E-state index contributed by atoms with van der Waals surface area (Å²) in [6.45, 7) is 0. The fourth-order valence-electron chi connectivity index (χ4n) is 17.9. The lowest BCUT2D eigenvalue weighted by Gasteiger charge is -2.04. The van der Waals surface area contributed by atoms with E-state index in [0.29, 0.717) is 33.6 Å². The highest BCUT2D eigenvalue weighted by Crippen LogP contribution is 2.48. The van der Waals surface area contributed by atoms with Crippen LogP contribution in [0.5, 0.6) is 0 Å². The second-order valence-corrected chi connectivity index (χ2v) is 33.8. The monoisotopic (exact) mass is 1710 g/mol. The Morgan fingerprint density at radius 3 is 1.02 bits per heavy atom. The van der Waals surface area contributed by atoms with Gasteiger partial charge in [0, 0.05) is 96.3 Å². The predicted molar refractivity (Wildman–Crippen MR) is 509 cm³/mol. The smallest absolute Gasteiger partial charge is 0.223 e. The highest BCUT2D eigenvalue weighted by atomic mass is 35.5. The minimum absolute atomic E-state index is 0.185. The van der Waals surface area contributed by atoms with E-state index in [0.717, 1.165) is 185 Å². The van der Waals surface area contributed by atoms with Gasteiger partial charge in [0.1, 0.15) is 78.3 Å². The lowest BCUT2D eigenvalue weighted by atomic mass is 10.0. The quantitative estimate of drug-likeness (QED) is 0.152. The number of furan rings is 6. The van der Waals surface area contributed by atoms with Crippen LogP contribution in [0.25, 0.3) is 261 Å². The molecule has 0 atom stereocenters. The Kier molecular flexibility index (Phi) is 16.6. The van der Waals surface area contributed by atoms with Crippen LogP contribution in [-0.4, -0.2) is 39.9 Å². The molecule has 0 saturated heterocycles. The van der Waals surface area contributed by atoms with Crippen LogP contribution in [0.4, 0.5) is 0 Å². The summed E-state index contributed by atoms with van der Waals surface area (Å²) in [5.41, 5.74) is 19.4. The molecule has 0 amide bonds. The maximum atomic E-state index is 6.41. The number of benzene rings is 16. The molecule has 0 radical (unpaired) electrons. The number of nitrogens with zero attached hydrogens (tertiary/aromatic N) is 8. The highest BCUT2D eigenvalue weighted by Gasteiger charge is 2.26. The fraction of sp³-hybridized carbons (Fsp3) is 0. The first kappa shape index (κ1) is 72.1. The lowest BCUT2D eigenvalue weighted by Crippen LogP contribution is -1.89. The summed E-state index contributed by atoms with van der Waals surface area (Å²) in [6, 6.07) is 107. The van der Waals surface area contributed by atoms with Crippen LogP contribution in [0, 0.1) is 0 Å². The van der Waals surface area contributed by atoms with Gasteiger partial charge in [0.25, 0.3) is 0 Å². The molecule has 0 aliphatic rings. The third-order valence-electron chi connectivity index (χ3n) is 23.3. The molecule has 584 valence electrons. The van der Waals surface area contributed by atoms with Gasteiger partial charge in [0.2, 0.25) is 21.1 Å². The van der Waals surface area contributed by atoms with Crippen molar-refractivity contribution in [3.05, 3.63) is 337 Å². The Balaban J connectivity index is 0.0000000906. The Labute approximate surface area is 726 Å². The van der Waals surface area contributed by atoms with Crippen molar-refractivity contribution in [2.75, 3.05) is 0 Å². The zero-order valence-corrected chi connectivity index (χ0v) is 69.0. The van der Waals surface area contributed by atoms with Crippen LogP contribution in [0.1, 0.15) is 0 Å². The Morgan fingerprint density at radius 2 is 0.532 bits per heavy atom. The summed E-state index contributed by atoms with van der Waals surface area (Å²) in [4.78, 5) is 36.2. The molecule has 0 saturated carbocycles. The summed E-state index contributed by atoms with van der Waals surface area (Å²) >= 11 is 28.7. The van der Waals surface area contributed by atoms with Crippen molar-refractivity contribution >= 4 is 285 Å². The van der Waals surface area contributed by atoms with Crippen LogP contribution in [0.2, 0.25) is 21.1 Å². The summed E-state index contributed by atoms with van der Waals surface area (Å²) in [6.07, 6.45) is 0. The van der Waals surface area contributed by atoms with Gasteiger partial charge >= 0.3 is 0 Å². The van der Waals surface area contributed by atoms with E-state index >= 15 is 0 Å². The second kappa shape index (κ2) is 28.5. The van der Waals surface area contributed by atoms with Crippen LogP contribution >= 0.6 is 69.1 Å². The number of halogens is 4. The molecular weight excluding hydrogens is 1660 g/mol. The van der Waals surface area contributed by atoms with Gasteiger partial charge in [-0.1, -0.05) is 206 Å². The molecule has 0 aliphatic carbocycles. The molecule has 12 aromatic heterocycles. The number of fused-ring (bicyclic) bond motifs is 32. The third-order valence-corrected chi connectivity index (χ3v) is 26.3. The van der Waals surface area contributed by atoms with E-state index in [1.807, 2.05) is 140 Å². The van der Waals surface area contributed by atoms with E-state index in [1.54, 1.807) is 22.7 Å². The van der Waals surface area contributed by atoms with Gasteiger partial charge in [-0.2, -0.15) is 0 Å². The van der Waals surface area contributed by atoms with Crippen molar-refractivity contribution in [3.8, 4) is 45.0 Å². The number of para-hydroxylation sites is 3. The molecule has 0 unspecified atom stereocenters. The van der Waals surface area contributed by atoms with Crippen molar-refractivity contribution in [2.45, 2.75) is 0 Å². The standard InChI is InChI=1S/2C26H13ClN2O2.2C26H13ClN2OS/c27-26-28-23(25-24(29-26)17-7-3-4-8-19(17)31-25)15-10-11-20-18(13-15)22-16-6-2-1-5-14(16)9-12-21(22)30-20;27-26-28-23(25-24(29-26)18-7-3-4-8-19(18)31-25)15-9-11-17-21(13-15)30-20-12-10-14-5-1-2-6-16(14)22(17)20;27-26-28-22-16-8-3-4-11-20(16)31-25(22)23(29-26)18-10-5-9-17-21-15-7-2-1-6-14(15)12-13-19(21)30-24(17)18;27-26-28-23(25-24(29-26)18-7-3-4-8-21(18)31-25)15-9-11-17-20(13-15)30-19-12-10-14-5-1-2-6-16(14)22(17)19/h4*1-13H. The first-order chi connectivity index (χ1) is 61.1. The van der Waals surface area contributed by atoms with E-state index in [4.69, 9.17) is 72.9 Å². The minimum Gasteiger partial charge on any atom is -0.456 e. The van der Waals surface area contributed by atoms with Gasteiger partial charge in [0.05, 0.1) is 31.8 Å². The molecule has 124 heavy (non-hydrogen) atoms. The molecule has 0 aliphatic heterocycles. The average Bonchev–Trinajstić information content (AvgIpc) is 1.59. The topological polar surface area (TPSA) is 182 Å². The number of hydrogen-bond donors (Lipinski definition) is 0. The van der Waals surface area contributed by atoms with Crippen molar-refractivity contribution in [2.24, 2.45) is 0 Å². The number of hydrogen-bond acceptors (Lipinski definition) is 16. The van der Waals surface area contributed by atoms with Gasteiger partial charge in [-0.05, 0) is 199 Å². The third kappa shape index (κ3) is 11.7. The van der Waals surface area contributed by atoms with E-state index in [2.05, 4.69) is 216 Å². The largest absolute Gasteiger partial charge is 0.456 e. The zero-order valence-electron chi connectivity index (χ0n) is 64.4. The Hall–Kier alpha value is -14.7. The lowest BCUT2D eigenvalue weighted by molar-refractivity contribution is 0.666. The van der Waals surface area contributed by atoms with Crippen LogP contribution in [0.15, 0.2) is 342 Å². The van der Waals surface area contributed by atoms with Crippen molar-refractivity contribution in [3.63, 3.8) is 0 Å². The molecule has 20 heteroatoms. The first-order valence-corrected chi connectivity index (χ1v) is 43.0. The minimum atomic E-state index is 0.185. The molecule has 12 heterocycles. The maximum Gasteiger partial charge on any atom is 0.223 e. The highest BCUT2D eigenvalue weighted by molar-refractivity contribution is 7.26. The van der Waals surface area contributed by atoms with Gasteiger partial charge in [-0.3, -0.25) is 0 Å². The summed E-state index contributed by atoms with van der Waals surface area (Å²) in [7, 11) is 0. The molecule has 16 aromatic carbocycles. The maximum absolute atomic E-state index is 6.41. The van der Waals surface area contributed by atoms with Gasteiger partial charge in [-0.25, -0.2) is 39.9 Å². The van der Waals surface area contributed by atoms with E-state index in [1.165, 1.54) is 42.4 Å². The molecule has 14 nitrogen and oxygen atoms in total. The Bertz CT molecular complexity index is 9090. The predicted octanol–water partition coefficient (Wildman–Crippen LogP) is 31.9. The van der Waals surface area contributed by atoms with Gasteiger partial charge in [-0.15, -0.1) is 22.7 Å². The van der Waals surface area contributed by atoms with E-state index < -0.39 is 0 Å². The molecule has 0 fully saturated rings. The van der Waals surface area contributed by atoms with Crippen molar-refractivity contribution in [1.82, 2.24) is 39.9 Å². The molecular formula is C104H52Cl4N8O6S2. The number of rotatable bonds is 4. The average molecular weight is 1720 g/mol. The van der Waals surface area contributed by atoms with Crippen LogP contribution in [0.3, 0.4) is 0 Å². The number of aromatic nitrogens is 8. The fourth-order valence-corrected chi connectivity index (χ4v) is 20.8. The molecule has 0 N–H and O–H groups in total. The first-order valence-electron chi connectivity index (χ1n) is 39.8. The van der Waals surface area contributed by atoms with Crippen molar-refractivity contribution < 1.29 is 26.5 Å². The van der Waals surface area contributed by atoms with Crippen LogP contribution in [-0.2, 0) is 0 Å². The second-order valence-electron chi connectivity index (χ2n) is 30.3. The molecule has 0 spiro atoms. The van der Waals surface area contributed by atoms with Gasteiger partial charge < -0.3 is 26.5 Å². The summed E-state index contributed by atoms with van der Waals surface area (Å²) < 4.78 is 41.6. The zero-order chi connectivity index (χ0) is 82.1. The Morgan fingerprint density at radius 1 is 0.202 bits per heavy atom. The normalized spacial score (nSPS) is 12.0. The van der Waals surface area contributed by atoms with E-state index in [9.17, 15) is 0 Å². The summed E-state index contributed by atoms with van der Waals surface area (Å²) in [5.74, 6) is 0. The van der Waals surface area contributed by atoms with E-state index in [-0.39, 0.29) is 21.1 Å². The molecule has 0 bridgehead atoms. The SMILES string of the molecule is Clc1nc(-c2ccc3c(c2)oc2ccc4ccccc4c23)c2oc3ccccc3c2n1.Clc1nc(-c2ccc3c(c2)oc2ccc4ccccc4c23)c2sc3ccccc3c2n1.Clc1nc(-c2ccc3oc4ccc5ccccc5c4c3c2)c2oc3ccccc3c2n1.Clc1nc(-c2cccc3c2oc2ccc4ccccc4c23)c2sc3ccccc3c2n1. The number of thiophene rings is 2. The van der Waals surface area contributed by atoms with Crippen LogP contribution < -0.4 is 0 Å². The molecule has 28 aromatic rings. The van der Waals surface area contributed by atoms with Gasteiger partial charge in [0.15, 0.2) is 11.2 Å².